The molecular formula is C18H13N3O3. The number of fused-ring (bicyclic) bond motifs is 3. The van der Waals surface area contributed by atoms with Crippen LogP contribution in [0.1, 0.15) is 0 Å². The van der Waals surface area contributed by atoms with Crippen molar-refractivity contribution in [1.82, 2.24) is 9.55 Å². The molecule has 0 aliphatic carbocycles. The van der Waals surface area contributed by atoms with Gasteiger partial charge in [-0.25, -0.2) is 4.98 Å². The second-order valence-corrected chi connectivity index (χ2v) is 5.34. The van der Waals surface area contributed by atoms with E-state index in [1.165, 1.54) is 6.07 Å². The molecule has 0 radical (unpaired) electrons. The van der Waals surface area contributed by atoms with Crippen molar-refractivity contribution in [2.75, 3.05) is 7.11 Å². The van der Waals surface area contributed by atoms with Crippen molar-refractivity contribution in [3.8, 4) is 11.6 Å². The van der Waals surface area contributed by atoms with Crippen LogP contribution in [-0.4, -0.2) is 21.6 Å². The highest BCUT2D eigenvalue weighted by Crippen LogP contribution is 2.37. The van der Waals surface area contributed by atoms with Gasteiger partial charge in [-0.05, 0) is 24.3 Å². The lowest BCUT2D eigenvalue weighted by Crippen LogP contribution is -1.99. The summed E-state index contributed by atoms with van der Waals surface area (Å²) in [6, 6.07) is 16.2. The van der Waals surface area contributed by atoms with Crippen molar-refractivity contribution in [3.05, 3.63) is 70.9 Å². The summed E-state index contributed by atoms with van der Waals surface area (Å²) in [7, 11) is 1.59. The number of aromatic nitrogens is 2. The molecule has 0 saturated heterocycles. The van der Waals surface area contributed by atoms with Crippen LogP contribution in [0.15, 0.2) is 60.8 Å². The van der Waals surface area contributed by atoms with Crippen molar-refractivity contribution in [2.45, 2.75) is 0 Å². The van der Waals surface area contributed by atoms with E-state index in [9.17, 15) is 10.1 Å². The van der Waals surface area contributed by atoms with Gasteiger partial charge in [-0.2, -0.15) is 0 Å². The highest BCUT2D eigenvalue weighted by Gasteiger charge is 2.21. The van der Waals surface area contributed by atoms with E-state index < -0.39 is 0 Å². The van der Waals surface area contributed by atoms with Gasteiger partial charge in [-0.1, -0.05) is 18.2 Å². The van der Waals surface area contributed by atoms with Gasteiger partial charge < -0.3 is 4.74 Å². The minimum absolute atomic E-state index is 0.0494. The van der Waals surface area contributed by atoms with Crippen LogP contribution in [0.4, 0.5) is 5.69 Å². The Bertz CT molecular complexity index is 1070. The predicted octanol–water partition coefficient (Wildman–Crippen LogP) is 4.10. The fourth-order valence-electron chi connectivity index (χ4n) is 3.03. The second-order valence-electron chi connectivity index (χ2n) is 5.34. The lowest BCUT2D eigenvalue weighted by atomic mass is 10.1. The summed E-state index contributed by atoms with van der Waals surface area (Å²) in [6.45, 7) is 0. The second kappa shape index (κ2) is 5.34. The van der Waals surface area contributed by atoms with Crippen LogP contribution in [0.25, 0.3) is 27.6 Å². The number of hydrogen-bond donors (Lipinski definition) is 0. The van der Waals surface area contributed by atoms with Crippen LogP contribution >= 0.6 is 0 Å². The molecule has 0 fully saturated rings. The molecule has 0 amide bonds. The van der Waals surface area contributed by atoms with E-state index >= 15 is 0 Å². The topological polar surface area (TPSA) is 70.2 Å². The van der Waals surface area contributed by atoms with E-state index in [1.54, 1.807) is 19.4 Å². The first-order valence-corrected chi connectivity index (χ1v) is 7.37. The molecule has 0 bridgehead atoms. The highest BCUT2D eigenvalue weighted by molar-refractivity contribution is 6.12. The zero-order valence-corrected chi connectivity index (χ0v) is 12.8. The maximum atomic E-state index is 11.5. The number of nitro benzene ring substituents is 1. The lowest BCUT2D eigenvalue weighted by molar-refractivity contribution is -0.383. The molecule has 0 aliphatic rings. The van der Waals surface area contributed by atoms with Crippen LogP contribution in [0.2, 0.25) is 0 Å². The predicted molar refractivity (Wildman–Crippen MR) is 91.8 cm³/mol. The van der Waals surface area contributed by atoms with E-state index in [0.29, 0.717) is 17.1 Å². The Kier molecular flexibility index (Phi) is 3.16. The molecule has 2 aromatic heterocycles. The number of non-ortho nitro benzene ring substituents is 1. The first-order valence-electron chi connectivity index (χ1n) is 7.37. The van der Waals surface area contributed by atoms with Gasteiger partial charge in [0.1, 0.15) is 17.1 Å². The van der Waals surface area contributed by atoms with Gasteiger partial charge >= 0.3 is 0 Å². The first-order chi connectivity index (χ1) is 11.7. The molecule has 0 spiro atoms. The Hall–Kier alpha value is -3.41. The number of para-hydroxylation sites is 1. The molecule has 0 saturated carbocycles. The van der Waals surface area contributed by atoms with Gasteiger partial charge in [0.15, 0.2) is 0 Å². The average molecular weight is 319 g/mol. The van der Waals surface area contributed by atoms with E-state index in [2.05, 4.69) is 4.98 Å². The zero-order chi connectivity index (χ0) is 16.7. The third-order valence-corrected chi connectivity index (χ3v) is 4.05. The Morgan fingerprint density at radius 2 is 1.96 bits per heavy atom. The average Bonchev–Trinajstić information content (AvgIpc) is 2.95. The summed E-state index contributed by atoms with van der Waals surface area (Å²) in [6.07, 6.45) is 1.67. The third kappa shape index (κ3) is 2.00. The summed E-state index contributed by atoms with van der Waals surface area (Å²) >= 11 is 0. The summed E-state index contributed by atoms with van der Waals surface area (Å²) in [4.78, 5) is 15.6. The van der Waals surface area contributed by atoms with Gasteiger partial charge in [-0.15, -0.1) is 0 Å². The summed E-state index contributed by atoms with van der Waals surface area (Å²) in [5.74, 6) is 1.31. The van der Waals surface area contributed by atoms with Crippen molar-refractivity contribution < 1.29 is 9.66 Å². The van der Waals surface area contributed by atoms with Crippen LogP contribution in [0, 0.1) is 10.1 Å². The summed E-state index contributed by atoms with van der Waals surface area (Å²) < 4.78 is 7.13. The van der Waals surface area contributed by atoms with Gasteiger partial charge in [0.2, 0.25) is 0 Å². The molecule has 2 aromatic carbocycles. The third-order valence-electron chi connectivity index (χ3n) is 4.05. The molecule has 4 rings (SSSR count). The zero-order valence-electron chi connectivity index (χ0n) is 12.8. The number of benzene rings is 2. The molecule has 118 valence electrons. The van der Waals surface area contributed by atoms with Crippen LogP contribution in [0.3, 0.4) is 0 Å². The molecule has 6 heteroatoms. The number of rotatable bonds is 3. The molecule has 4 aromatic rings. The number of hydrogen-bond acceptors (Lipinski definition) is 4. The van der Waals surface area contributed by atoms with Crippen LogP contribution < -0.4 is 4.74 Å². The fraction of sp³-hybridized carbons (Fsp3) is 0.0556. The van der Waals surface area contributed by atoms with Crippen molar-refractivity contribution in [2.24, 2.45) is 0 Å². The van der Waals surface area contributed by atoms with Crippen molar-refractivity contribution in [3.63, 3.8) is 0 Å². The standard InChI is InChI=1S/C18H13N3O3/c1-24-12-8-9-13-14-5-4-6-15(21(22)23)18(14)20(16(13)11-12)17-7-2-3-10-19-17/h2-11H,1H3. The Morgan fingerprint density at radius 1 is 1.08 bits per heavy atom. The van der Waals surface area contributed by atoms with Gasteiger partial charge in [0, 0.05) is 29.1 Å². The minimum Gasteiger partial charge on any atom is -0.497 e. The SMILES string of the molecule is COc1ccc2c3cccc([N+](=O)[O-])c3n(-c3ccccn3)c2c1. The van der Waals surface area contributed by atoms with E-state index in [0.717, 1.165) is 16.3 Å². The molecule has 0 atom stereocenters. The van der Waals surface area contributed by atoms with Crippen molar-refractivity contribution >= 4 is 27.5 Å². The molecule has 0 unspecified atom stereocenters. The van der Waals surface area contributed by atoms with Crippen molar-refractivity contribution in [1.29, 1.82) is 0 Å². The molecule has 6 nitrogen and oxygen atoms in total. The normalized spacial score (nSPS) is 11.0. The molecule has 0 aliphatic heterocycles. The molecular weight excluding hydrogens is 306 g/mol. The Labute approximate surface area is 137 Å². The first kappa shape index (κ1) is 14.2. The van der Waals surface area contributed by atoms with E-state index in [1.807, 2.05) is 47.0 Å². The maximum absolute atomic E-state index is 11.5. The molecule has 0 N–H and O–H groups in total. The van der Waals surface area contributed by atoms with E-state index in [4.69, 9.17) is 4.74 Å². The summed E-state index contributed by atoms with van der Waals surface area (Å²) in [5, 5.41) is 13.3. The Morgan fingerprint density at radius 3 is 2.67 bits per heavy atom. The largest absolute Gasteiger partial charge is 0.497 e. The molecule has 24 heavy (non-hydrogen) atoms. The minimum atomic E-state index is -0.363. The fourth-order valence-corrected chi connectivity index (χ4v) is 3.03. The Balaban J connectivity index is 2.24. The quantitative estimate of drug-likeness (QED) is 0.421. The summed E-state index contributed by atoms with van der Waals surface area (Å²) in [5.41, 5.74) is 1.40. The number of methoxy groups -OCH3 is 1. The highest BCUT2D eigenvalue weighted by atomic mass is 16.6. The van der Waals surface area contributed by atoms with Gasteiger partial charge in [0.25, 0.3) is 5.69 Å². The molecule has 2 heterocycles. The monoisotopic (exact) mass is 319 g/mol. The smallest absolute Gasteiger partial charge is 0.293 e. The van der Waals surface area contributed by atoms with E-state index in [-0.39, 0.29) is 10.6 Å². The van der Waals surface area contributed by atoms with Crippen LogP contribution in [0.5, 0.6) is 5.75 Å². The van der Waals surface area contributed by atoms with Gasteiger partial charge in [-0.3, -0.25) is 14.7 Å². The number of pyridine rings is 1. The number of ether oxygens (including phenoxy) is 1. The van der Waals surface area contributed by atoms with Gasteiger partial charge in [0.05, 0.1) is 17.5 Å². The maximum Gasteiger partial charge on any atom is 0.293 e. The lowest BCUT2D eigenvalue weighted by Gasteiger charge is -2.07. The van der Waals surface area contributed by atoms with Crippen LogP contribution in [-0.2, 0) is 0 Å². The number of nitro groups is 1. The number of nitrogens with zero attached hydrogens (tertiary/aromatic N) is 3.